The van der Waals surface area contributed by atoms with Crippen molar-refractivity contribution in [1.29, 1.82) is 0 Å². The first-order chi connectivity index (χ1) is 9.20. The predicted octanol–water partition coefficient (Wildman–Crippen LogP) is 3.64. The second-order valence-electron chi connectivity index (χ2n) is 3.99. The van der Waals surface area contributed by atoms with Crippen LogP contribution in [-0.2, 0) is 0 Å². The van der Waals surface area contributed by atoms with Gasteiger partial charge in [-0.25, -0.2) is 0 Å². The van der Waals surface area contributed by atoms with Crippen LogP contribution in [0, 0.1) is 0 Å². The SMILES string of the molecule is COc1cc(C(=O)CNc2ccccc2)ccc1Cl. The zero-order chi connectivity index (χ0) is 13.7. The van der Waals surface area contributed by atoms with Crippen molar-refractivity contribution < 1.29 is 9.53 Å². The lowest BCUT2D eigenvalue weighted by molar-refractivity contribution is 0.101. The molecule has 0 aliphatic heterocycles. The minimum absolute atomic E-state index is 0.0150. The van der Waals surface area contributed by atoms with Crippen LogP contribution in [0.3, 0.4) is 0 Å². The fourth-order valence-electron chi connectivity index (χ4n) is 1.67. The van der Waals surface area contributed by atoms with Crippen molar-refractivity contribution >= 4 is 23.1 Å². The maximum Gasteiger partial charge on any atom is 0.181 e. The summed E-state index contributed by atoms with van der Waals surface area (Å²) in [7, 11) is 1.53. The molecule has 0 aliphatic carbocycles. The lowest BCUT2D eigenvalue weighted by atomic mass is 10.1. The largest absolute Gasteiger partial charge is 0.495 e. The molecule has 4 heteroatoms. The molecule has 0 bridgehead atoms. The summed E-state index contributed by atoms with van der Waals surface area (Å²) in [5.74, 6) is 0.492. The van der Waals surface area contributed by atoms with E-state index < -0.39 is 0 Å². The van der Waals surface area contributed by atoms with Crippen LogP contribution in [0.1, 0.15) is 10.4 Å². The number of nitrogens with one attached hydrogen (secondary N) is 1. The van der Waals surface area contributed by atoms with Crippen molar-refractivity contribution in [2.24, 2.45) is 0 Å². The number of Topliss-reactive ketones (excluding diaryl/α,β-unsaturated/α-hetero) is 1. The number of methoxy groups -OCH3 is 1. The number of halogens is 1. The minimum Gasteiger partial charge on any atom is -0.495 e. The molecule has 0 amide bonds. The van der Waals surface area contributed by atoms with E-state index in [2.05, 4.69) is 5.32 Å². The zero-order valence-corrected chi connectivity index (χ0v) is 11.3. The van der Waals surface area contributed by atoms with Gasteiger partial charge in [-0.3, -0.25) is 4.79 Å². The molecule has 3 nitrogen and oxygen atoms in total. The van der Waals surface area contributed by atoms with Crippen LogP contribution in [0.5, 0.6) is 5.75 Å². The molecule has 1 N–H and O–H groups in total. The number of hydrogen-bond acceptors (Lipinski definition) is 3. The number of para-hydroxylation sites is 1. The molecule has 0 saturated heterocycles. The van der Waals surface area contributed by atoms with Crippen molar-refractivity contribution in [3.05, 3.63) is 59.1 Å². The Bertz CT molecular complexity index is 570. The average Bonchev–Trinajstić information content (AvgIpc) is 2.46. The number of anilines is 1. The Morgan fingerprint density at radius 3 is 2.63 bits per heavy atom. The van der Waals surface area contributed by atoms with Gasteiger partial charge < -0.3 is 10.1 Å². The number of ketones is 1. The Hall–Kier alpha value is -2.00. The van der Waals surface area contributed by atoms with Crippen molar-refractivity contribution in [3.63, 3.8) is 0 Å². The summed E-state index contributed by atoms with van der Waals surface area (Å²) in [6.07, 6.45) is 0. The van der Waals surface area contributed by atoms with E-state index in [1.807, 2.05) is 30.3 Å². The van der Waals surface area contributed by atoms with Gasteiger partial charge in [0.1, 0.15) is 5.75 Å². The quantitative estimate of drug-likeness (QED) is 0.847. The predicted molar refractivity (Wildman–Crippen MR) is 77.3 cm³/mol. The van der Waals surface area contributed by atoms with E-state index >= 15 is 0 Å². The van der Waals surface area contributed by atoms with Gasteiger partial charge in [0, 0.05) is 11.3 Å². The summed E-state index contributed by atoms with van der Waals surface area (Å²) in [4.78, 5) is 12.0. The summed E-state index contributed by atoms with van der Waals surface area (Å²) in [6.45, 7) is 0.231. The molecule has 0 atom stereocenters. The molecule has 98 valence electrons. The van der Waals surface area contributed by atoms with Gasteiger partial charge >= 0.3 is 0 Å². The number of rotatable bonds is 5. The van der Waals surface area contributed by atoms with E-state index in [4.69, 9.17) is 16.3 Å². The normalized spacial score (nSPS) is 10.0. The Morgan fingerprint density at radius 2 is 1.95 bits per heavy atom. The van der Waals surface area contributed by atoms with Crippen molar-refractivity contribution in [2.75, 3.05) is 19.0 Å². The molecule has 0 aliphatic rings. The molecular weight excluding hydrogens is 262 g/mol. The van der Waals surface area contributed by atoms with Crippen molar-refractivity contribution in [3.8, 4) is 5.75 Å². The first kappa shape index (κ1) is 13.4. The maximum absolute atomic E-state index is 12.0. The highest BCUT2D eigenvalue weighted by Crippen LogP contribution is 2.25. The van der Waals surface area contributed by atoms with Gasteiger partial charge in [-0.2, -0.15) is 0 Å². The first-order valence-corrected chi connectivity index (χ1v) is 6.24. The van der Waals surface area contributed by atoms with Crippen LogP contribution >= 0.6 is 11.6 Å². The van der Waals surface area contributed by atoms with Gasteiger partial charge in [0.25, 0.3) is 0 Å². The monoisotopic (exact) mass is 275 g/mol. The van der Waals surface area contributed by atoms with Gasteiger partial charge in [-0.05, 0) is 30.3 Å². The molecule has 0 fully saturated rings. The minimum atomic E-state index is -0.0150. The molecule has 0 radical (unpaired) electrons. The summed E-state index contributed by atoms with van der Waals surface area (Å²) in [5, 5.41) is 3.57. The fourth-order valence-corrected chi connectivity index (χ4v) is 1.87. The topological polar surface area (TPSA) is 38.3 Å². The summed E-state index contributed by atoms with van der Waals surface area (Å²) >= 11 is 5.92. The molecular formula is C15H14ClNO2. The lowest BCUT2D eigenvalue weighted by Crippen LogP contribution is -2.14. The summed E-state index contributed by atoms with van der Waals surface area (Å²) in [5.41, 5.74) is 1.49. The number of ether oxygens (including phenoxy) is 1. The first-order valence-electron chi connectivity index (χ1n) is 5.86. The van der Waals surface area contributed by atoms with Crippen molar-refractivity contribution in [2.45, 2.75) is 0 Å². The molecule has 0 saturated carbocycles. The van der Waals surface area contributed by atoms with Gasteiger partial charge in [0.2, 0.25) is 0 Å². The van der Waals surface area contributed by atoms with E-state index in [1.54, 1.807) is 18.2 Å². The van der Waals surface area contributed by atoms with Crippen LogP contribution in [-0.4, -0.2) is 19.4 Å². The molecule has 2 aromatic carbocycles. The Kier molecular flexibility index (Phi) is 4.42. The van der Waals surface area contributed by atoms with Gasteiger partial charge in [-0.15, -0.1) is 0 Å². The van der Waals surface area contributed by atoms with E-state index in [0.717, 1.165) is 5.69 Å². The van der Waals surface area contributed by atoms with E-state index in [-0.39, 0.29) is 12.3 Å². The molecule has 19 heavy (non-hydrogen) atoms. The number of carbonyl (C=O) groups is 1. The van der Waals surface area contributed by atoms with Crippen LogP contribution in [0.2, 0.25) is 5.02 Å². The van der Waals surface area contributed by atoms with Crippen LogP contribution in [0.25, 0.3) is 0 Å². The van der Waals surface area contributed by atoms with Crippen LogP contribution < -0.4 is 10.1 Å². The smallest absolute Gasteiger partial charge is 0.181 e. The second-order valence-corrected chi connectivity index (χ2v) is 4.40. The van der Waals surface area contributed by atoms with Gasteiger partial charge in [0.15, 0.2) is 5.78 Å². The van der Waals surface area contributed by atoms with Gasteiger partial charge in [0.05, 0.1) is 18.7 Å². The van der Waals surface area contributed by atoms with E-state index in [9.17, 15) is 4.79 Å². The van der Waals surface area contributed by atoms with Crippen LogP contribution in [0.15, 0.2) is 48.5 Å². The third kappa shape index (κ3) is 3.48. The standard InChI is InChI=1S/C15H14ClNO2/c1-19-15-9-11(7-8-13(15)16)14(18)10-17-12-5-3-2-4-6-12/h2-9,17H,10H2,1H3. The molecule has 0 aromatic heterocycles. The van der Waals surface area contributed by atoms with E-state index in [0.29, 0.717) is 16.3 Å². The fraction of sp³-hybridized carbons (Fsp3) is 0.133. The maximum atomic E-state index is 12.0. The average molecular weight is 276 g/mol. The Labute approximate surface area is 117 Å². The Balaban J connectivity index is 2.04. The highest BCUT2D eigenvalue weighted by Gasteiger charge is 2.09. The third-order valence-electron chi connectivity index (χ3n) is 2.70. The van der Waals surface area contributed by atoms with Gasteiger partial charge in [-0.1, -0.05) is 29.8 Å². The summed E-state index contributed by atoms with van der Waals surface area (Å²) < 4.78 is 5.09. The Morgan fingerprint density at radius 1 is 1.21 bits per heavy atom. The molecule has 2 rings (SSSR count). The lowest BCUT2D eigenvalue weighted by Gasteiger charge is -2.08. The highest BCUT2D eigenvalue weighted by molar-refractivity contribution is 6.32. The number of hydrogen-bond donors (Lipinski definition) is 1. The zero-order valence-electron chi connectivity index (χ0n) is 10.5. The highest BCUT2D eigenvalue weighted by atomic mass is 35.5. The summed E-state index contributed by atoms with van der Waals surface area (Å²) in [6, 6.07) is 14.6. The molecule has 0 heterocycles. The van der Waals surface area contributed by atoms with Crippen molar-refractivity contribution in [1.82, 2.24) is 0 Å². The molecule has 0 unspecified atom stereocenters. The molecule has 2 aromatic rings. The third-order valence-corrected chi connectivity index (χ3v) is 3.01. The number of benzene rings is 2. The van der Waals surface area contributed by atoms with E-state index in [1.165, 1.54) is 7.11 Å². The second kappa shape index (κ2) is 6.25. The number of carbonyl (C=O) groups excluding carboxylic acids is 1. The van der Waals surface area contributed by atoms with Crippen LogP contribution in [0.4, 0.5) is 5.69 Å². The molecule has 0 spiro atoms.